The lowest BCUT2D eigenvalue weighted by Crippen LogP contribution is -2.36. The average molecular weight is 500 g/mol. The van der Waals surface area contributed by atoms with Gasteiger partial charge in [0, 0.05) is 12.5 Å². The van der Waals surface area contributed by atoms with Crippen LogP contribution in [0.3, 0.4) is 0 Å². The first kappa shape index (κ1) is 24.5. The standard InChI is InChI=1S/C21H24F3N5O4S/c1-9-15(19-28-12-4-10(6-30)2-3-14(12)34-19)18(29-20(26-9)25-8-21(22,23)24)27-13-5-11(7-31)16(32)17(13)33/h2-4,11,13,16-17,30-33H,5-8H2,1H3,(H2,25,26,27,29)/t11-,13-,16-,17+/m1/s1. The molecule has 184 valence electrons. The van der Waals surface area contributed by atoms with Gasteiger partial charge in [-0.2, -0.15) is 18.2 Å². The largest absolute Gasteiger partial charge is 0.405 e. The van der Waals surface area contributed by atoms with E-state index in [-0.39, 0.29) is 31.4 Å². The van der Waals surface area contributed by atoms with E-state index in [0.717, 1.165) is 4.70 Å². The predicted molar refractivity (Wildman–Crippen MR) is 120 cm³/mol. The van der Waals surface area contributed by atoms with Crippen LogP contribution in [0.2, 0.25) is 0 Å². The molecule has 1 aliphatic rings. The Morgan fingerprint density at radius 3 is 2.53 bits per heavy atom. The number of aromatic nitrogens is 3. The number of fused-ring (bicyclic) bond motifs is 1. The number of alkyl halides is 3. The second kappa shape index (κ2) is 9.58. The first-order valence-corrected chi connectivity index (χ1v) is 11.3. The fraction of sp³-hybridized carbons (Fsp3) is 0.476. The number of aliphatic hydroxyl groups is 4. The van der Waals surface area contributed by atoms with Gasteiger partial charge in [0.15, 0.2) is 0 Å². The molecule has 4 rings (SSSR count). The normalized spacial score (nSPS) is 22.9. The SMILES string of the molecule is Cc1nc(NCC(F)(F)F)nc(N[C@@H]2C[C@H](CO)[C@@H](O)[C@H]2O)c1-c1nc2cc(CO)ccc2s1. The number of nitrogens with one attached hydrogen (secondary N) is 2. The molecule has 3 aromatic rings. The summed E-state index contributed by atoms with van der Waals surface area (Å²) in [6.07, 6.45) is -6.61. The molecule has 6 N–H and O–H groups in total. The van der Waals surface area contributed by atoms with Gasteiger partial charge >= 0.3 is 6.18 Å². The first-order chi connectivity index (χ1) is 16.1. The Labute approximate surface area is 196 Å². The van der Waals surface area contributed by atoms with Crippen molar-refractivity contribution >= 4 is 33.3 Å². The van der Waals surface area contributed by atoms with Crippen LogP contribution >= 0.6 is 11.3 Å². The van der Waals surface area contributed by atoms with Crippen LogP contribution < -0.4 is 10.6 Å². The van der Waals surface area contributed by atoms with Gasteiger partial charge in [0.1, 0.15) is 23.5 Å². The zero-order valence-electron chi connectivity index (χ0n) is 18.0. The lowest BCUT2D eigenvalue weighted by Gasteiger charge is -2.21. The highest BCUT2D eigenvalue weighted by atomic mass is 32.1. The van der Waals surface area contributed by atoms with Crippen molar-refractivity contribution in [3.8, 4) is 10.6 Å². The molecule has 0 aliphatic heterocycles. The van der Waals surface area contributed by atoms with Crippen molar-refractivity contribution in [1.82, 2.24) is 15.0 Å². The number of hydrogen-bond donors (Lipinski definition) is 6. The number of anilines is 2. The third-order valence-electron chi connectivity index (χ3n) is 5.74. The monoisotopic (exact) mass is 499 g/mol. The van der Waals surface area contributed by atoms with Gasteiger partial charge in [-0.05, 0) is 31.0 Å². The molecule has 0 saturated heterocycles. The molecular weight excluding hydrogens is 475 g/mol. The van der Waals surface area contributed by atoms with Crippen LogP contribution in [0.1, 0.15) is 17.7 Å². The fourth-order valence-electron chi connectivity index (χ4n) is 3.99. The Bertz CT molecular complexity index is 1180. The molecule has 1 aliphatic carbocycles. The fourth-order valence-corrected chi connectivity index (χ4v) is 5.04. The van der Waals surface area contributed by atoms with Crippen LogP contribution in [-0.2, 0) is 6.61 Å². The summed E-state index contributed by atoms with van der Waals surface area (Å²) in [4.78, 5) is 13.0. The van der Waals surface area contributed by atoms with Crippen LogP contribution in [0.4, 0.5) is 24.9 Å². The number of rotatable bonds is 7. The number of nitrogens with zero attached hydrogens (tertiary/aromatic N) is 3. The van der Waals surface area contributed by atoms with Crippen LogP contribution in [0.15, 0.2) is 18.2 Å². The third kappa shape index (κ3) is 5.08. The summed E-state index contributed by atoms with van der Waals surface area (Å²) in [5, 5.41) is 45.2. The smallest absolute Gasteiger partial charge is 0.396 e. The van der Waals surface area contributed by atoms with E-state index in [4.69, 9.17) is 0 Å². The Kier molecular flexibility index (Phi) is 6.92. The number of halogens is 3. The Hall–Kier alpha value is -2.58. The first-order valence-electron chi connectivity index (χ1n) is 10.5. The topological polar surface area (TPSA) is 144 Å². The van der Waals surface area contributed by atoms with Crippen LogP contribution in [-0.4, -0.2) is 73.0 Å². The molecule has 1 saturated carbocycles. The molecule has 0 unspecified atom stereocenters. The second-order valence-corrected chi connectivity index (χ2v) is 9.25. The number of benzene rings is 1. The summed E-state index contributed by atoms with van der Waals surface area (Å²) in [5.41, 5.74) is 2.11. The molecule has 1 fully saturated rings. The Balaban J connectivity index is 1.75. The molecule has 0 amide bonds. The van der Waals surface area contributed by atoms with Gasteiger partial charge in [-0.3, -0.25) is 0 Å². The summed E-state index contributed by atoms with van der Waals surface area (Å²) < 4.78 is 39.0. The molecule has 2 heterocycles. The Morgan fingerprint density at radius 1 is 1.12 bits per heavy atom. The minimum absolute atomic E-state index is 0.147. The third-order valence-corrected chi connectivity index (χ3v) is 6.80. The molecule has 1 aromatic carbocycles. The molecular formula is C21H24F3N5O4S. The van der Waals surface area contributed by atoms with Gasteiger partial charge in [-0.1, -0.05) is 6.07 Å². The highest BCUT2D eigenvalue weighted by molar-refractivity contribution is 7.21. The maximum atomic E-state index is 12.7. The van der Waals surface area contributed by atoms with Gasteiger partial charge in [-0.15, -0.1) is 11.3 Å². The molecule has 0 radical (unpaired) electrons. The summed E-state index contributed by atoms with van der Waals surface area (Å²) in [6, 6.07) is 4.61. The van der Waals surface area contributed by atoms with E-state index in [9.17, 15) is 33.6 Å². The summed E-state index contributed by atoms with van der Waals surface area (Å²) in [6.45, 7) is -0.183. The molecule has 4 atom stereocenters. The molecule has 0 spiro atoms. The molecule has 2 aromatic heterocycles. The molecule has 13 heteroatoms. The maximum absolute atomic E-state index is 12.7. The van der Waals surface area contributed by atoms with Gasteiger partial charge in [0.05, 0.1) is 40.2 Å². The molecule has 34 heavy (non-hydrogen) atoms. The lowest BCUT2D eigenvalue weighted by molar-refractivity contribution is -0.115. The van der Waals surface area contributed by atoms with Gasteiger partial charge < -0.3 is 31.1 Å². The number of aryl methyl sites for hydroxylation is 1. The van der Waals surface area contributed by atoms with Crippen molar-refractivity contribution in [3.63, 3.8) is 0 Å². The van der Waals surface area contributed by atoms with Crippen molar-refractivity contribution in [2.24, 2.45) is 5.92 Å². The van der Waals surface area contributed by atoms with Crippen molar-refractivity contribution < 1.29 is 33.6 Å². The van der Waals surface area contributed by atoms with E-state index >= 15 is 0 Å². The Morgan fingerprint density at radius 2 is 1.88 bits per heavy atom. The predicted octanol–water partition coefficient (Wildman–Crippen LogP) is 2.04. The van der Waals surface area contributed by atoms with Crippen molar-refractivity contribution in [2.75, 3.05) is 23.8 Å². The van der Waals surface area contributed by atoms with Gasteiger partial charge in [0.25, 0.3) is 0 Å². The molecule has 0 bridgehead atoms. The van der Waals surface area contributed by atoms with E-state index in [1.165, 1.54) is 11.3 Å². The van der Waals surface area contributed by atoms with Gasteiger partial charge in [-0.25, -0.2) is 9.97 Å². The van der Waals surface area contributed by atoms with Crippen molar-refractivity contribution in [2.45, 2.75) is 44.4 Å². The summed E-state index contributed by atoms with van der Waals surface area (Å²) in [5.74, 6) is -0.661. The van der Waals surface area contributed by atoms with Gasteiger partial charge in [0.2, 0.25) is 5.95 Å². The van der Waals surface area contributed by atoms with Crippen LogP contribution in [0.25, 0.3) is 20.8 Å². The van der Waals surface area contributed by atoms with E-state index in [2.05, 4.69) is 25.6 Å². The van der Waals surface area contributed by atoms with Crippen LogP contribution in [0, 0.1) is 12.8 Å². The van der Waals surface area contributed by atoms with E-state index < -0.39 is 36.9 Å². The van der Waals surface area contributed by atoms with Crippen molar-refractivity contribution in [1.29, 1.82) is 0 Å². The highest BCUT2D eigenvalue weighted by Gasteiger charge is 2.41. The highest BCUT2D eigenvalue weighted by Crippen LogP contribution is 2.38. The van der Waals surface area contributed by atoms with E-state index in [1.54, 1.807) is 19.1 Å². The zero-order valence-corrected chi connectivity index (χ0v) is 18.9. The van der Waals surface area contributed by atoms with Crippen LogP contribution in [0.5, 0.6) is 0 Å². The van der Waals surface area contributed by atoms with E-state index in [1.807, 2.05) is 6.07 Å². The number of hydrogen-bond acceptors (Lipinski definition) is 10. The summed E-state index contributed by atoms with van der Waals surface area (Å²) >= 11 is 1.32. The quantitative estimate of drug-likeness (QED) is 0.288. The minimum atomic E-state index is -4.47. The number of thiazole rings is 1. The number of aliphatic hydroxyl groups excluding tert-OH is 4. The zero-order chi connectivity index (χ0) is 24.6. The summed E-state index contributed by atoms with van der Waals surface area (Å²) in [7, 11) is 0. The van der Waals surface area contributed by atoms with E-state index in [0.29, 0.717) is 27.3 Å². The minimum Gasteiger partial charge on any atom is -0.396 e. The maximum Gasteiger partial charge on any atom is 0.405 e. The van der Waals surface area contributed by atoms with Crippen molar-refractivity contribution in [3.05, 3.63) is 29.5 Å². The average Bonchev–Trinajstić information content (AvgIpc) is 3.32. The molecule has 9 nitrogen and oxygen atoms in total. The lowest BCUT2D eigenvalue weighted by atomic mass is 10.1. The second-order valence-electron chi connectivity index (χ2n) is 8.21.